The molecule has 2 fully saturated rings. The third-order valence-corrected chi connectivity index (χ3v) is 6.61. The summed E-state index contributed by atoms with van der Waals surface area (Å²) in [6.07, 6.45) is 0.952. The molecule has 1 aromatic rings. The maximum Gasteiger partial charge on any atom is 0.410 e. The number of carbonyl (C=O) groups excluding carboxylic acids is 1. The van der Waals surface area contributed by atoms with Crippen molar-refractivity contribution >= 4 is 29.5 Å². The largest absolute Gasteiger partial charge is 0.444 e. The van der Waals surface area contributed by atoms with E-state index in [1.165, 1.54) is 10.5 Å². The Kier molecular flexibility index (Phi) is 4.45. The molecule has 4 rings (SSSR count). The molecule has 4 nitrogen and oxygen atoms in total. The first-order valence-electron chi connectivity index (χ1n) is 8.98. The van der Waals surface area contributed by atoms with Crippen molar-refractivity contribution < 1.29 is 9.53 Å². The standard InChI is InChI=1S/C19H25ClN2O2S/c1-19(2,3)24-18(23)22-9-13-14(10-22)17(13)21-15-6-7-25-16-5-4-11(20)8-12(15)16/h4-5,8,13-15,17,21H,6-7,9-10H2,1-3H3. The lowest BCUT2D eigenvalue weighted by atomic mass is 10.0. The number of ether oxygens (including phenoxy) is 1. The van der Waals surface area contributed by atoms with E-state index in [0.717, 1.165) is 30.3 Å². The number of fused-ring (bicyclic) bond motifs is 2. The minimum atomic E-state index is -0.426. The van der Waals surface area contributed by atoms with Crippen LogP contribution < -0.4 is 5.32 Å². The van der Waals surface area contributed by atoms with E-state index < -0.39 is 5.60 Å². The molecule has 3 atom stereocenters. The number of hydrogen-bond acceptors (Lipinski definition) is 4. The number of likely N-dealkylation sites (tertiary alicyclic amines) is 1. The van der Waals surface area contributed by atoms with Crippen LogP contribution in [-0.4, -0.2) is 41.5 Å². The molecule has 1 N–H and O–H groups in total. The quantitative estimate of drug-likeness (QED) is 0.829. The van der Waals surface area contributed by atoms with Crippen LogP contribution in [0.5, 0.6) is 0 Å². The summed E-state index contributed by atoms with van der Waals surface area (Å²) in [4.78, 5) is 15.4. The van der Waals surface area contributed by atoms with Crippen molar-refractivity contribution in [2.24, 2.45) is 11.8 Å². The van der Waals surface area contributed by atoms with Gasteiger partial charge in [-0.05, 0) is 68.5 Å². The summed E-state index contributed by atoms with van der Waals surface area (Å²) in [6.45, 7) is 7.35. The smallest absolute Gasteiger partial charge is 0.410 e. The molecule has 0 radical (unpaired) electrons. The van der Waals surface area contributed by atoms with Gasteiger partial charge in [-0.2, -0.15) is 0 Å². The van der Waals surface area contributed by atoms with E-state index in [4.69, 9.17) is 16.3 Å². The number of halogens is 1. The van der Waals surface area contributed by atoms with Crippen molar-refractivity contribution in [3.05, 3.63) is 28.8 Å². The van der Waals surface area contributed by atoms with Gasteiger partial charge in [-0.1, -0.05) is 11.6 Å². The fourth-order valence-electron chi connectivity index (χ4n) is 4.02. The van der Waals surface area contributed by atoms with Crippen LogP contribution in [0.15, 0.2) is 23.1 Å². The maximum atomic E-state index is 12.2. The number of nitrogens with zero attached hydrogens (tertiary/aromatic N) is 1. The van der Waals surface area contributed by atoms with Gasteiger partial charge in [-0.15, -0.1) is 11.8 Å². The number of hydrogen-bond donors (Lipinski definition) is 1. The molecule has 0 aromatic heterocycles. The van der Waals surface area contributed by atoms with E-state index in [1.807, 2.05) is 43.5 Å². The van der Waals surface area contributed by atoms with Gasteiger partial charge in [0, 0.05) is 35.1 Å². The molecule has 25 heavy (non-hydrogen) atoms. The van der Waals surface area contributed by atoms with Gasteiger partial charge in [0.1, 0.15) is 5.60 Å². The number of amides is 1. The van der Waals surface area contributed by atoms with Gasteiger partial charge in [0.15, 0.2) is 0 Å². The second-order valence-electron chi connectivity index (χ2n) is 8.28. The molecule has 1 amide bonds. The SMILES string of the molecule is CC(C)(C)OC(=O)N1CC2C(C1)C2NC1CCSc2ccc(Cl)cc21. The highest BCUT2D eigenvalue weighted by Gasteiger charge is 2.57. The number of thioether (sulfide) groups is 1. The molecule has 0 bridgehead atoms. The molecular formula is C19H25ClN2O2S. The lowest BCUT2D eigenvalue weighted by Crippen LogP contribution is -2.40. The second-order valence-corrected chi connectivity index (χ2v) is 9.85. The van der Waals surface area contributed by atoms with E-state index in [0.29, 0.717) is 23.9 Å². The van der Waals surface area contributed by atoms with E-state index in [1.54, 1.807) is 0 Å². The maximum absolute atomic E-state index is 12.2. The van der Waals surface area contributed by atoms with Crippen molar-refractivity contribution in [1.82, 2.24) is 10.2 Å². The third kappa shape index (κ3) is 3.64. The van der Waals surface area contributed by atoms with Gasteiger partial charge in [0.05, 0.1) is 0 Å². The number of carbonyl (C=O) groups is 1. The topological polar surface area (TPSA) is 41.6 Å². The fourth-order valence-corrected chi connectivity index (χ4v) is 5.31. The first kappa shape index (κ1) is 17.5. The first-order chi connectivity index (χ1) is 11.8. The second kappa shape index (κ2) is 6.36. The molecule has 3 unspecified atom stereocenters. The molecule has 1 saturated carbocycles. The predicted octanol–water partition coefficient (Wildman–Crippen LogP) is 4.33. The summed E-state index contributed by atoms with van der Waals surface area (Å²) in [5.41, 5.74) is 0.905. The summed E-state index contributed by atoms with van der Waals surface area (Å²) in [5.74, 6) is 2.26. The molecule has 1 saturated heterocycles. The Labute approximate surface area is 158 Å². The molecular weight excluding hydrogens is 356 g/mol. The van der Waals surface area contributed by atoms with Crippen LogP contribution in [0.2, 0.25) is 5.02 Å². The number of nitrogens with one attached hydrogen (secondary N) is 1. The first-order valence-corrected chi connectivity index (χ1v) is 10.3. The zero-order valence-corrected chi connectivity index (χ0v) is 16.5. The van der Waals surface area contributed by atoms with Gasteiger partial charge < -0.3 is 15.0 Å². The molecule has 3 aliphatic rings. The summed E-state index contributed by atoms with van der Waals surface area (Å²) in [5, 5.41) is 4.64. The monoisotopic (exact) mass is 380 g/mol. The van der Waals surface area contributed by atoms with E-state index >= 15 is 0 Å². The lowest BCUT2D eigenvalue weighted by Gasteiger charge is -2.29. The molecule has 6 heteroatoms. The number of piperidine rings is 1. The zero-order chi connectivity index (χ0) is 17.8. The van der Waals surface area contributed by atoms with Crippen LogP contribution in [0.3, 0.4) is 0 Å². The third-order valence-electron chi connectivity index (χ3n) is 5.25. The van der Waals surface area contributed by atoms with E-state index in [2.05, 4.69) is 17.4 Å². The van der Waals surface area contributed by atoms with Crippen LogP contribution in [0.25, 0.3) is 0 Å². The Morgan fingerprint density at radius 3 is 2.72 bits per heavy atom. The molecule has 2 aliphatic heterocycles. The lowest BCUT2D eigenvalue weighted by molar-refractivity contribution is 0.0268. The molecule has 136 valence electrons. The van der Waals surface area contributed by atoms with E-state index in [-0.39, 0.29) is 6.09 Å². The Morgan fingerprint density at radius 2 is 2.04 bits per heavy atom. The van der Waals surface area contributed by atoms with Gasteiger partial charge in [0.25, 0.3) is 0 Å². The van der Waals surface area contributed by atoms with Gasteiger partial charge in [0.2, 0.25) is 0 Å². The van der Waals surface area contributed by atoms with Crippen LogP contribution >= 0.6 is 23.4 Å². The molecule has 2 heterocycles. The summed E-state index contributed by atoms with van der Waals surface area (Å²) < 4.78 is 5.48. The van der Waals surface area contributed by atoms with Crippen LogP contribution in [0, 0.1) is 11.8 Å². The van der Waals surface area contributed by atoms with Crippen LogP contribution in [0.1, 0.15) is 38.8 Å². The Balaban J connectivity index is 1.35. The molecule has 1 aromatic carbocycles. The average molecular weight is 381 g/mol. The summed E-state index contributed by atoms with van der Waals surface area (Å²) in [7, 11) is 0. The Morgan fingerprint density at radius 1 is 1.32 bits per heavy atom. The van der Waals surface area contributed by atoms with Gasteiger partial charge in [-0.3, -0.25) is 0 Å². The van der Waals surface area contributed by atoms with Crippen molar-refractivity contribution in [1.29, 1.82) is 0 Å². The van der Waals surface area contributed by atoms with Gasteiger partial charge >= 0.3 is 6.09 Å². The average Bonchev–Trinajstić information content (AvgIpc) is 2.97. The zero-order valence-electron chi connectivity index (χ0n) is 14.9. The van der Waals surface area contributed by atoms with Crippen molar-refractivity contribution in [2.75, 3.05) is 18.8 Å². The normalized spacial score (nSPS) is 30.6. The van der Waals surface area contributed by atoms with Crippen molar-refractivity contribution in [3.8, 4) is 0 Å². The summed E-state index contributed by atoms with van der Waals surface area (Å²) >= 11 is 8.11. The Hall–Kier alpha value is -0.910. The number of rotatable bonds is 2. The van der Waals surface area contributed by atoms with Crippen molar-refractivity contribution in [2.45, 2.75) is 49.8 Å². The Bertz CT molecular complexity index is 678. The van der Waals surface area contributed by atoms with E-state index in [9.17, 15) is 4.79 Å². The number of benzene rings is 1. The highest BCUT2D eigenvalue weighted by molar-refractivity contribution is 7.99. The van der Waals surface area contributed by atoms with Crippen LogP contribution in [-0.2, 0) is 4.74 Å². The molecule has 1 aliphatic carbocycles. The van der Waals surface area contributed by atoms with Crippen LogP contribution in [0.4, 0.5) is 4.79 Å². The highest BCUT2D eigenvalue weighted by Crippen LogP contribution is 2.48. The highest BCUT2D eigenvalue weighted by atomic mass is 35.5. The summed E-state index contributed by atoms with van der Waals surface area (Å²) in [6, 6.07) is 7.10. The molecule has 0 spiro atoms. The fraction of sp³-hybridized carbons (Fsp3) is 0.632. The van der Waals surface area contributed by atoms with Crippen molar-refractivity contribution in [3.63, 3.8) is 0 Å². The minimum Gasteiger partial charge on any atom is -0.444 e. The predicted molar refractivity (Wildman–Crippen MR) is 101 cm³/mol. The van der Waals surface area contributed by atoms with Gasteiger partial charge in [-0.25, -0.2) is 4.79 Å². The minimum absolute atomic E-state index is 0.176.